The minimum absolute atomic E-state index is 0.935. The molecule has 0 amide bonds. The Morgan fingerprint density at radius 3 is 3.17 bits per heavy atom. The molecular formula is C10H10N2. The summed E-state index contributed by atoms with van der Waals surface area (Å²) in [5.41, 5.74) is 3.21. The molecule has 0 bridgehead atoms. The van der Waals surface area contributed by atoms with Crippen LogP contribution in [0.25, 0.3) is 17.1 Å². The van der Waals surface area contributed by atoms with E-state index in [-0.39, 0.29) is 0 Å². The zero-order chi connectivity index (χ0) is 8.55. The Balaban J connectivity index is 2.90. The Bertz CT molecular complexity index is 426. The zero-order valence-corrected chi connectivity index (χ0v) is 6.96. The molecule has 0 aliphatic carbocycles. The molecule has 1 N–H and O–H groups in total. The summed E-state index contributed by atoms with van der Waals surface area (Å²) in [4.78, 5) is 7.40. The van der Waals surface area contributed by atoms with Crippen molar-refractivity contribution in [2.45, 2.75) is 6.92 Å². The van der Waals surface area contributed by atoms with Gasteiger partial charge in [0.05, 0.1) is 0 Å². The van der Waals surface area contributed by atoms with Crippen LogP contribution in [0.1, 0.15) is 11.3 Å². The second kappa shape index (κ2) is 2.48. The third kappa shape index (κ3) is 0.848. The number of aromatic amines is 1. The lowest BCUT2D eigenvalue weighted by Crippen LogP contribution is -1.72. The molecule has 12 heavy (non-hydrogen) atoms. The highest BCUT2D eigenvalue weighted by molar-refractivity contribution is 5.87. The van der Waals surface area contributed by atoms with E-state index in [1.807, 2.05) is 25.1 Å². The minimum atomic E-state index is 0.935. The number of aromatic nitrogens is 2. The van der Waals surface area contributed by atoms with Crippen molar-refractivity contribution in [3.05, 3.63) is 36.2 Å². The van der Waals surface area contributed by atoms with Gasteiger partial charge in [-0.15, -0.1) is 0 Å². The quantitative estimate of drug-likeness (QED) is 0.678. The lowest BCUT2D eigenvalue weighted by molar-refractivity contribution is 1.24. The molecule has 0 saturated carbocycles. The average molecular weight is 158 g/mol. The van der Waals surface area contributed by atoms with E-state index in [9.17, 15) is 0 Å². The molecule has 0 radical (unpaired) electrons. The summed E-state index contributed by atoms with van der Waals surface area (Å²) in [6.45, 7) is 5.79. The fourth-order valence-electron chi connectivity index (χ4n) is 1.43. The highest BCUT2D eigenvalue weighted by atomic mass is 14.8. The van der Waals surface area contributed by atoms with Crippen LogP contribution in [0.3, 0.4) is 0 Å². The summed E-state index contributed by atoms with van der Waals surface area (Å²) in [5.74, 6) is 0. The summed E-state index contributed by atoms with van der Waals surface area (Å²) in [7, 11) is 0. The monoisotopic (exact) mass is 158 g/mol. The maximum atomic E-state index is 4.21. The molecular weight excluding hydrogens is 148 g/mol. The van der Waals surface area contributed by atoms with Crippen LogP contribution in [0.15, 0.2) is 24.9 Å². The number of pyridine rings is 1. The summed E-state index contributed by atoms with van der Waals surface area (Å²) in [6.07, 6.45) is 3.64. The Hall–Kier alpha value is -1.57. The van der Waals surface area contributed by atoms with Crippen molar-refractivity contribution in [2.75, 3.05) is 0 Å². The van der Waals surface area contributed by atoms with Gasteiger partial charge in [0, 0.05) is 22.8 Å². The van der Waals surface area contributed by atoms with Crippen molar-refractivity contribution in [1.29, 1.82) is 0 Å². The van der Waals surface area contributed by atoms with E-state index < -0.39 is 0 Å². The van der Waals surface area contributed by atoms with Crippen molar-refractivity contribution < 1.29 is 0 Å². The topological polar surface area (TPSA) is 28.7 Å². The van der Waals surface area contributed by atoms with Crippen molar-refractivity contribution in [3.63, 3.8) is 0 Å². The predicted molar refractivity (Wildman–Crippen MR) is 50.9 cm³/mol. The second-order valence-electron chi connectivity index (χ2n) is 2.77. The van der Waals surface area contributed by atoms with Crippen LogP contribution < -0.4 is 0 Å². The predicted octanol–water partition coefficient (Wildman–Crippen LogP) is 2.51. The largest absolute Gasteiger partial charge is 0.343 e. The maximum absolute atomic E-state index is 4.21. The van der Waals surface area contributed by atoms with Gasteiger partial charge in [0.1, 0.15) is 5.65 Å². The molecule has 60 valence electrons. The number of hydrogen-bond acceptors (Lipinski definition) is 1. The van der Waals surface area contributed by atoms with Gasteiger partial charge < -0.3 is 4.98 Å². The Kier molecular flexibility index (Phi) is 1.47. The van der Waals surface area contributed by atoms with Crippen molar-refractivity contribution in [2.24, 2.45) is 0 Å². The molecule has 2 aromatic heterocycles. The highest BCUT2D eigenvalue weighted by Gasteiger charge is 2.03. The third-order valence-corrected chi connectivity index (χ3v) is 2.01. The summed E-state index contributed by atoms with van der Waals surface area (Å²) >= 11 is 0. The molecule has 0 aliphatic rings. The van der Waals surface area contributed by atoms with E-state index in [0.717, 1.165) is 22.3 Å². The van der Waals surface area contributed by atoms with Gasteiger partial charge in [0.15, 0.2) is 0 Å². The number of aryl methyl sites for hydroxylation is 1. The van der Waals surface area contributed by atoms with Crippen LogP contribution >= 0.6 is 0 Å². The van der Waals surface area contributed by atoms with Crippen LogP contribution in [0.5, 0.6) is 0 Å². The fourth-order valence-corrected chi connectivity index (χ4v) is 1.43. The van der Waals surface area contributed by atoms with Gasteiger partial charge in [-0.1, -0.05) is 12.7 Å². The SMILES string of the molecule is C=Cc1c(C)[nH]c2ncccc12. The van der Waals surface area contributed by atoms with Crippen LogP contribution in [0.4, 0.5) is 0 Å². The van der Waals surface area contributed by atoms with Crippen LogP contribution in [-0.4, -0.2) is 9.97 Å². The summed E-state index contributed by atoms with van der Waals surface area (Å²) in [5, 5.41) is 1.14. The van der Waals surface area contributed by atoms with Gasteiger partial charge in [-0.25, -0.2) is 4.98 Å². The lowest BCUT2D eigenvalue weighted by Gasteiger charge is -1.89. The third-order valence-electron chi connectivity index (χ3n) is 2.01. The number of H-pyrrole nitrogens is 1. The van der Waals surface area contributed by atoms with Crippen molar-refractivity contribution >= 4 is 17.1 Å². The number of nitrogens with one attached hydrogen (secondary N) is 1. The molecule has 2 heteroatoms. The van der Waals surface area contributed by atoms with E-state index in [2.05, 4.69) is 16.5 Å². The molecule has 0 spiro atoms. The van der Waals surface area contributed by atoms with E-state index in [1.165, 1.54) is 0 Å². The number of fused-ring (bicyclic) bond motifs is 1. The normalized spacial score (nSPS) is 10.4. The highest BCUT2D eigenvalue weighted by Crippen LogP contribution is 2.20. The van der Waals surface area contributed by atoms with Gasteiger partial charge in [0.25, 0.3) is 0 Å². The van der Waals surface area contributed by atoms with E-state index in [4.69, 9.17) is 0 Å². The summed E-state index contributed by atoms with van der Waals surface area (Å²) < 4.78 is 0. The first-order valence-electron chi connectivity index (χ1n) is 3.88. The molecule has 0 unspecified atom stereocenters. The standard InChI is InChI=1S/C10H10N2/c1-3-8-7(2)12-10-9(8)5-4-6-11-10/h3-6H,1H2,2H3,(H,11,12). The maximum Gasteiger partial charge on any atom is 0.138 e. The van der Waals surface area contributed by atoms with Gasteiger partial charge in [-0.2, -0.15) is 0 Å². The van der Waals surface area contributed by atoms with Crippen LogP contribution in [-0.2, 0) is 0 Å². The van der Waals surface area contributed by atoms with Gasteiger partial charge in [-0.3, -0.25) is 0 Å². The molecule has 0 aliphatic heterocycles. The number of hydrogen-bond donors (Lipinski definition) is 1. The molecule has 0 fully saturated rings. The Morgan fingerprint density at radius 2 is 2.42 bits per heavy atom. The molecule has 0 saturated heterocycles. The number of rotatable bonds is 1. The van der Waals surface area contributed by atoms with E-state index in [0.29, 0.717) is 0 Å². The number of nitrogens with zero attached hydrogens (tertiary/aromatic N) is 1. The molecule has 2 heterocycles. The summed E-state index contributed by atoms with van der Waals surface area (Å²) in [6, 6.07) is 3.98. The molecule has 2 nitrogen and oxygen atoms in total. The molecule has 2 aromatic rings. The zero-order valence-electron chi connectivity index (χ0n) is 6.96. The molecule has 0 aromatic carbocycles. The van der Waals surface area contributed by atoms with Crippen molar-refractivity contribution in [3.8, 4) is 0 Å². The van der Waals surface area contributed by atoms with Gasteiger partial charge >= 0.3 is 0 Å². The fraction of sp³-hybridized carbons (Fsp3) is 0.100. The first-order valence-corrected chi connectivity index (χ1v) is 3.88. The Labute approximate surface area is 70.9 Å². The first kappa shape index (κ1) is 7.10. The van der Waals surface area contributed by atoms with Gasteiger partial charge in [-0.05, 0) is 19.1 Å². The smallest absolute Gasteiger partial charge is 0.138 e. The van der Waals surface area contributed by atoms with Gasteiger partial charge in [0.2, 0.25) is 0 Å². The van der Waals surface area contributed by atoms with Crippen LogP contribution in [0, 0.1) is 6.92 Å². The van der Waals surface area contributed by atoms with Crippen molar-refractivity contribution in [1.82, 2.24) is 9.97 Å². The second-order valence-corrected chi connectivity index (χ2v) is 2.77. The molecule has 2 rings (SSSR count). The minimum Gasteiger partial charge on any atom is -0.343 e. The average Bonchev–Trinajstić information content (AvgIpc) is 2.40. The first-order chi connectivity index (χ1) is 5.83. The lowest BCUT2D eigenvalue weighted by atomic mass is 10.2. The molecule has 0 atom stereocenters. The van der Waals surface area contributed by atoms with Crippen LogP contribution in [0.2, 0.25) is 0 Å². The Morgan fingerprint density at radius 1 is 1.58 bits per heavy atom. The van der Waals surface area contributed by atoms with E-state index >= 15 is 0 Å². The van der Waals surface area contributed by atoms with E-state index in [1.54, 1.807) is 6.20 Å².